The lowest BCUT2D eigenvalue weighted by Gasteiger charge is -2.44. The normalized spacial score (nSPS) is 25.1. The van der Waals surface area contributed by atoms with E-state index in [4.69, 9.17) is 27.6 Å². The molecule has 5 nitrogen and oxygen atoms in total. The second-order valence-electron chi connectivity index (χ2n) is 6.38. The van der Waals surface area contributed by atoms with Crippen molar-refractivity contribution in [2.75, 3.05) is 19.6 Å². The largest absolute Gasteiger partial charge is 0.425 e. The fraction of sp³-hybridized carbons (Fsp3) is 0.412. The minimum absolute atomic E-state index is 0.0871. The molecule has 0 radical (unpaired) electrons. The van der Waals surface area contributed by atoms with Crippen LogP contribution in [0.5, 0.6) is 0 Å². The van der Waals surface area contributed by atoms with E-state index in [1.807, 2.05) is 6.07 Å². The average molecular weight is 398 g/mol. The molecule has 1 amide bonds. The Bertz CT molecular complexity index is 790. The predicted molar refractivity (Wildman–Crippen MR) is 97.5 cm³/mol. The zero-order chi connectivity index (χ0) is 17.4. The van der Waals surface area contributed by atoms with Gasteiger partial charge in [0.25, 0.3) is 5.89 Å². The molecule has 8 heteroatoms. The summed E-state index contributed by atoms with van der Waals surface area (Å²) in [5.41, 5.74) is 0. The number of nitrogens with zero attached hydrogens (tertiary/aromatic N) is 2. The van der Waals surface area contributed by atoms with E-state index in [-0.39, 0.29) is 17.8 Å². The van der Waals surface area contributed by atoms with Gasteiger partial charge in [-0.1, -0.05) is 23.2 Å². The van der Waals surface area contributed by atoms with Crippen molar-refractivity contribution < 1.29 is 9.21 Å². The fourth-order valence-electron chi connectivity index (χ4n) is 3.44. The van der Waals surface area contributed by atoms with Gasteiger partial charge in [-0.2, -0.15) is 0 Å². The van der Waals surface area contributed by atoms with E-state index in [0.29, 0.717) is 21.1 Å². The number of rotatable bonds is 4. The monoisotopic (exact) mass is 397 g/mol. The number of oxazole rings is 1. The van der Waals surface area contributed by atoms with Crippen LogP contribution in [0.25, 0.3) is 0 Å². The van der Waals surface area contributed by atoms with Crippen molar-refractivity contribution in [1.29, 1.82) is 0 Å². The van der Waals surface area contributed by atoms with Gasteiger partial charge in [0, 0.05) is 22.5 Å². The van der Waals surface area contributed by atoms with Crippen molar-refractivity contribution >= 4 is 40.9 Å². The first kappa shape index (κ1) is 17.2. The highest BCUT2D eigenvalue weighted by molar-refractivity contribution is 7.99. The van der Waals surface area contributed by atoms with Gasteiger partial charge < -0.3 is 14.6 Å². The molecule has 3 saturated heterocycles. The molecule has 2 bridgehead atoms. The van der Waals surface area contributed by atoms with Crippen molar-refractivity contribution in [3.05, 3.63) is 40.3 Å². The Kier molecular flexibility index (Phi) is 4.95. The first-order valence-electron chi connectivity index (χ1n) is 8.20. The summed E-state index contributed by atoms with van der Waals surface area (Å²) < 4.78 is 5.59. The molecule has 1 N–H and O–H groups in total. The number of piperidine rings is 3. The maximum atomic E-state index is 12.4. The third-order valence-corrected chi connectivity index (χ3v) is 6.38. The molecule has 2 aromatic rings. The highest BCUT2D eigenvalue weighted by Gasteiger charge is 2.35. The van der Waals surface area contributed by atoms with E-state index in [1.54, 1.807) is 18.3 Å². The molecule has 4 heterocycles. The molecule has 132 valence electrons. The van der Waals surface area contributed by atoms with Crippen molar-refractivity contribution in [2.24, 2.45) is 5.92 Å². The zero-order valence-corrected chi connectivity index (χ0v) is 15.7. The van der Waals surface area contributed by atoms with Gasteiger partial charge in [-0.15, -0.1) is 0 Å². The van der Waals surface area contributed by atoms with Crippen LogP contribution in [-0.4, -0.2) is 41.5 Å². The number of halogens is 2. The molecular weight excluding hydrogens is 381 g/mol. The van der Waals surface area contributed by atoms with E-state index < -0.39 is 0 Å². The lowest BCUT2D eigenvalue weighted by Crippen LogP contribution is -2.57. The van der Waals surface area contributed by atoms with E-state index in [9.17, 15) is 4.79 Å². The molecule has 1 atom stereocenters. The molecule has 0 unspecified atom stereocenters. The molecule has 0 saturated carbocycles. The number of aromatic nitrogens is 1. The maximum Gasteiger partial charge on any atom is 0.307 e. The Labute approximate surface area is 160 Å². The molecule has 3 aliphatic heterocycles. The van der Waals surface area contributed by atoms with Gasteiger partial charge in [0.2, 0.25) is 0 Å². The summed E-state index contributed by atoms with van der Waals surface area (Å²) in [5, 5.41) is 4.70. The second kappa shape index (κ2) is 7.19. The van der Waals surface area contributed by atoms with Gasteiger partial charge >= 0.3 is 5.91 Å². The van der Waals surface area contributed by atoms with Crippen LogP contribution in [0.1, 0.15) is 23.5 Å². The number of carbonyl (C=O) groups excluding carboxylic acids is 1. The molecule has 3 aliphatic rings. The van der Waals surface area contributed by atoms with Crippen LogP contribution in [0.2, 0.25) is 10.0 Å². The summed E-state index contributed by atoms with van der Waals surface area (Å²) in [6.45, 7) is 3.19. The van der Waals surface area contributed by atoms with Crippen LogP contribution in [0, 0.1) is 5.92 Å². The number of amides is 1. The Morgan fingerprint density at radius 3 is 2.80 bits per heavy atom. The highest BCUT2D eigenvalue weighted by Crippen LogP contribution is 2.35. The summed E-state index contributed by atoms with van der Waals surface area (Å²) in [6, 6.07) is 5.42. The van der Waals surface area contributed by atoms with Gasteiger partial charge in [-0.05, 0) is 61.8 Å². The first-order chi connectivity index (χ1) is 12.1. The molecule has 1 aromatic carbocycles. The van der Waals surface area contributed by atoms with Gasteiger partial charge in [0.05, 0.1) is 11.2 Å². The number of benzene rings is 1. The quantitative estimate of drug-likeness (QED) is 0.845. The summed E-state index contributed by atoms with van der Waals surface area (Å²) in [7, 11) is 0. The highest BCUT2D eigenvalue weighted by atomic mass is 35.5. The van der Waals surface area contributed by atoms with Crippen molar-refractivity contribution in [2.45, 2.75) is 28.9 Å². The SMILES string of the molecule is O=C(N[C@H]1CN2CCC1CC2)c1ncc(Sc2ccc(Cl)cc2Cl)o1. The minimum atomic E-state index is -0.257. The number of nitrogens with one attached hydrogen (secondary N) is 1. The van der Waals surface area contributed by atoms with Crippen LogP contribution >= 0.6 is 35.0 Å². The smallest absolute Gasteiger partial charge is 0.307 e. The molecule has 1 aromatic heterocycles. The first-order valence-corrected chi connectivity index (χ1v) is 9.77. The Hall–Kier alpha value is -1.21. The van der Waals surface area contributed by atoms with Gasteiger partial charge in [0.1, 0.15) is 0 Å². The van der Waals surface area contributed by atoms with Crippen LogP contribution in [0.3, 0.4) is 0 Å². The molecular formula is C17H17Cl2N3O2S. The van der Waals surface area contributed by atoms with Gasteiger partial charge in [0.15, 0.2) is 5.09 Å². The average Bonchev–Trinajstić information content (AvgIpc) is 3.07. The Balaban J connectivity index is 1.41. The minimum Gasteiger partial charge on any atom is -0.425 e. The van der Waals surface area contributed by atoms with E-state index in [1.165, 1.54) is 11.8 Å². The van der Waals surface area contributed by atoms with Gasteiger partial charge in [-0.3, -0.25) is 4.79 Å². The van der Waals surface area contributed by atoms with Crippen LogP contribution in [0.4, 0.5) is 0 Å². The van der Waals surface area contributed by atoms with E-state index in [0.717, 1.165) is 37.4 Å². The Morgan fingerprint density at radius 1 is 1.32 bits per heavy atom. The third-order valence-electron chi connectivity index (χ3n) is 4.76. The molecule has 3 fully saturated rings. The lowest BCUT2D eigenvalue weighted by molar-refractivity contribution is 0.0599. The Morgan fingerprint density at radius 2 is 2.12 bits per heavy atom. The van der Waals surface area contributed by atoms with E-state index >= 15 is 0 Å². The molecule has 0 spiro atoms. The summed E-state index contributed by atoms with van der Waals surface area (Å²) >= 11 is 13.4. The van der Waals surface area contributed by atoms with Crippen LogP contribution < -0.4 is 5.32 Å². The number of fused-ring (bicyclic) bond motifs is 3. The molecule has 5 rings (SSSR count). The number of hydrogen-bond donors (Lipinski definition) is 1. The molecule has 25 heavy (non-hydrogen) atoms. The summed E-state index contributed by atoms with van der Waals surface area (Å²) in [4.78, 5) is 19.7. The van der Waals surface area contributed by atoms with Crippen molar-refractivity contribution in [3.63, 3.8) is 0 Å². The zero-order valence-electron chi connectivity index (χ0n) is 13.4. The second-order valence-corrected chi connectivity index (χ2v) is 8.27. The van der Waals surface area contributed by atoms with Crippen molar-refractivity contribution in [3.8, 4) is 0 Å². The predicted octanol–water partition coefficient (Wildman–Crippen LogP) is 3.96. The third kappa shape index (κ3) is 3.82. The van der Waals surface area contributed by atoms with Crippen molar-refractivity contribution in [1.82, 2.24) is 15.2 Å². The summed E-state index contributed by atoms with van der Waals surface area (Å²) in [5.74, 6) is 0.391. The number of carbonyl (C=O) groups is 1. The topological polar surface area (TPSA) is 58.4 Å². The molecule has 0 aliphatic carbocycles. The number of hydrogen-bond acceptors (Lipinski definition) is 5. The van der Waals surface area contributed by atoms with Gasteiger partial charge in [-0.25, -0.2) is 4.98 Å². The fourth-order valence-corrected chi connectivity index (χ4v) is 4.70. The maximum absolute atomic E-state index is 12.4. The standard InChI is InChI=1S/C17H17Cl2N3O2S/c18-11-1-2-14(12(19)7-11)25-15-8-20-17(24-15)16(23)21-13-9-22-5-3-10(13)4-6-22/h1-2,7-8,10,13H,3-6,9H2,(H,21,23)/t13-/m0/s1. The summed E-state index contributed by atoms with van der Waals surface area (Å²) in [6.07, 6.45) is 3.83. The van der Waals surface area contributed by atoms with Crippen LogP contribution in [0.15, 0.2) is 38.8 Å². The van der Waals surface area contributed by atoms with Crippen LogP contribution in [-0.2, 0) is 0 Å². The van der Waals surface area contributed by atoms with E-state index in [2.05, 4.69) is 15.2 Å². The lowest BCUT2D eigenvalue weighted by atomic mass is 9.84.